The van der Waals surface area contributed by atoms with Gasteiger partial charge < -0.3 is 0 Å². The summed E-state index contributed by atoms with van der Waals surface area (Å²) in [5.74, 6) is 0.0958. The molecule has 110 valence electrons. The molecular weight excluding hydrogens is 256 g/mol. The normalized spacial score (nSPS) is 11.4. The largest absolute Gasteiger partial charge is 0.289 e. The van der Waals surface area contributed by atoms with Gasteiger partial charge in [-0.2, -0.15) is 0 Å². The Morgan fingerprint density at radius 3 is 1.76 bits per heavy atom. The Morgan fingerprint density at radius 1 is 0.857 bits per heavy atom. The van der Waals surface area contributed by atoms with Crippen LogP contribution in [0.4, 0.5) is 0 Å². The molecule has 0 amide bonds. The van der Waals surface area contributed by atoms with Gasteiger partial charge in [0.05, 0.1) is 0 Å². The van der Waals surface area contributed by atoms with Crippen molar-refractivity contribution in [1.29, 1.82) is 0 Å². The van der Waals surface area contributed by atoms with E-state index in [4.69, 9.17) is 0 Å². The molecule has 0 saturated heterocycles. The molecule has 0 N–H and O–H groups in total. The second kappa shape index (κ2) is 6.26. The minimum atomic E-state index is 0.0958. The molecule has 0 aliphatic heterocycles. The summed E-state index contributed by atoms with van der Waals surface area (Å²) in [6, 6.07) is 16.0. The SMILES string of the molecule is CCCc1ccc(C(=O)c2ccc(C(C)(C)C)cc2)cc1. The van der Waals surface area contributed by atoms with E-state index in [1.54, 1.807) is 0 Å². The second-order valence-corrected chi connectivity index (χ2v) is 6.60. The van der Waals surface area contributed by atoms with Crippen LogP contribution in [0.5, 0.6) is 0 Å². The van der Waals surface area contributed by atoms with E-state index in [0.29, 0.717) is 0 Å². The van der Waals surface area contributed by atoms with Crippen molar-refractivity contribution in [1.82, 2.24) is 0 Å². The third-order valence-electron chi connectivity index (χ3n) is 3.77. The fraction of sp³-hybridized carbons (Fsp3) is 0.350. The zero-order chi connectivity index (χ0) is 15.5. The maximum atomic E-state index is 12.5. The van der Waals surface area contributed by atoms with E-state index in [2.05, 4.69) is 52.0 Å². The minimum Gasteiger partial charge on any atom is -0.289 e. The van der Waals surface area contributed by atoms with Gasteiger partial charge in [-0.15, -0.1) is 0 Å². The molecule has 0 atom stereocenters. The van der Waals surface area contributed by atoms with Gasteiger partial charge in [0.1, 0.15) is 0 Å². The monoisotopic (exact) mass is 280 g/mol. The quantitative estimate of drug-likeness (QED) is 0.706. The summed E-state index contributed by atoms with van der Waals surface area (Å²) in [5, 5.41) is 0. The summed E-state index contributed by atoms with van der Waals surface area (Å²) in [7, 11) is 0. The van der Waals surface area contributed by atoms with Crippen LogP contribution in [0.3, 0.4) is 0 Å². The van der Waals surface area contributed by atoms with Crippen LogP contribution in [0, 0.1) is 0 Å². The summed E-state index contributed by atoms with van der Waals surface area (Å²) in [5.41, 5.74) is 4.17. The Kier molecular flexibility index (Phi) is 4.62. The van der Waals surface area contributed by atoms with Gasteiger partial charge in [-0.1, -0.05) is 82.6 Å². The molecule has 1 heteroatoms. The van der Waals surface area contributed by atoms with Gasteiger partial charge in [0.15, 0.2) is 5.78 Å². The predicted molar refractivity (Wildman–Crippen MR) is 89.0 cm³/mol. The van der Waals surface area contributed by atoms with Crippen LogP contribution >= 0.6 is 0 Å². The summed E-state index contributed by atoms with van der Waals surface area (Å²) < 4.78 is 0. The number of benzene rings is 2. The van der Waals surface area contributed by atoms with Gasteiger partial charge in [-0.3, -0.25) is 4.79 Å². The standard InChI is InChI=1S/C20H24O/c1-5-6-15-7-9-16(10-8-15)19(21)17-11-13-18(14-12-17)20(2,3)4/h7-14H,5-6H2,1-4H3. The van der Waals surface area contributed by atoms with Crippen molar-refractivity contribution in [3.05, 3.63) is 70.8 Å². The number of hydrogen-bond acceptors (Lipinski definition) is 1. The van der Waals surface area contributed by atoms with Crippen LogP contribution in [0.1, 0.15) is 61.2 Å². The lowest BCUT2D eigenvalue weighted by atomic mass is 9.86. The molecule has 0 radical (unpaired) electrons. The molecule has 0 fully saturated rings. The van der Waals surface area contributed by atoms with Crippen molar-refractivity contribution in [2.24, 2.45) is 0 Å². The zero-order valence-corrected chi connectivity index (χ0v) is 13.4. The van der Waals surface area contributed by atoms with Crippen molar-refractivity contribution in [3.8, 4) is 0 Å². The van der Waals surface area contributed by atoms with Crippen molar-refractivity contribution in [2.75, 3.05) is 0 Å². The topological polar surface area (TPSA) is 17.1 Å². The third-order valence-corrected chi connectivity index (χ3v) is 3.77. The van der Waals surface area contributed by atoms with Crippen LogP contribution < -0.4 is 0 Å². The van der Waals surface area contributed by atoms with Crippen LogP contribution in [0.2, 0.25) is 0 Å². The van der Waals surface area contributed by atoms with E-state index >= 15 is 0 Å². The van der Waals surface area contributed by atoms with Gasteiger partial charge in [-0.25, -0.2) is 0 Å². The number of carbonyl (C=O) groups is 1. The summed E-state index contributed by atoms with van der Waals surface area (Å²) in [6.07, 6.45) is 2.19. The molecular formula is C20H24O. The van der Waals surface area contributed by atoms with Crippen LogP contribution in [0.15, 0.2) is 48.5 Å². The maximum Gasteiger partial charge on any atom is 0.193 e. The third kappa shape index (κ3) is 3.81. The average molecular weight is 280 g/mol. The molecule has 1 nitrogen and oxygen atoms in total. The molecule has 0 heterocycles. The van der Waals surface area contributed by atoms with Gasteiger partial charge in [0, 0.05) is 11.1 Å². The van der Waals surface area contributed by atoms with E-state index in [-0.39, 0.29) is 11.2 Å². The molecule has 0 saturated carbocycles. The Labute approximate surface area is 128 Å². The van der Waals surface area contributed by atoms with Gasteiger partial charge >= 0.3 is 0 Å². The molecule has 0 aliphatic carbocycles. The van der Waals surface area contributed by atoms with Crippen molar-refractivity contribution in [3.63, 3.8) is 0 Å². The number of hydrogen-bond donors (Lipinski definition) is 0. The Bertz CT molecular complexity index is 598. The van der Waals surface area contributed by atoms with Gasteiger partial charge in [-0.05, 0) is 23.0 Å². The second-order valence-electron chi connectivity index (χ2n) is 6.60. The fourth-order valence-electron chi connectivity index (χ4n) is 2.40. The number of aryl methyl sites for hydroxylation is 1. The predicted octanol–water partition coefficient (Wildman–Crippen LogP) is 5.17. The molecule has 21 heavy (non-hydrogen) atoms. The molecule has 0 aliphatic rings. The van der Waals surface area contributed by atoms with E-state index in [1.165, 1.54) is 11.1 Å². The maximum absolute atomic E-state index is 12.5. The Balaban J connectivity index is 2.19. The molecule has 0 aromatic heterocycles. The van der Waals surface area contributed by atoms with E-state index < -0.39 is 0 Å². The number of carbonyl (C=O) groups excluding carboxylic acids is 1. The van der Waals surface area contributed by atoms with E-state index in [1.807, 2.05) is 24.3 Å². The number of rotatable bonds is 4. The molecule has 2 aromatic rings. The first-order chi connectivity index (χ1) is 9.91. The lowest BCUT2D eigenvalue weighted by Crippen LogP contribution is -2.11. The van der Waals surface area contributed by atoms with Crippen molar-refractivity contribution >= 4 is 5.78 Å². The zero-order valence-electron chi connectivity index (χ0n) is 13.4. The van der Waals surface area contributed by atoms with Gasteiger partial charge in [0.2, 0.25) is 0 Å². The van der Waals surface area contributed by atoms with Crippen LogP contribution in [-0.4, -0.2) is 5.78 Å². The lowest BCUT2D eigenvalue weighted by molar-refractivity contribution is 0.103. The summed E-state index contributed by atoms with van der Waals surface area (Å²) >= 11 is 0. The highest BCUT2D eigenvalue weighted by Gasteiger charge is 2.15. The number of ketones is 1. The van der Waals surface area contributed by atoms with Crippen LogP contribution in [-0.2, 0) is 11.8 Å². The molecule has 2 aromatic carbocycles. The highest BCUT2D eigenvalue weighted by Crippen LogP contribution is 2.23. The Hall–Kier alpha value is -1.89. The van der Waals surface area contributed by atoms with Crippen molar-refractivity contribution < 1.29 is 4.79 Å². The lowest BCUT2D eigenvalue weighted by Gasteiger charge is -2.19. The highest BCUT2D eigenvalue weighted by atomic mass is 16.1. The fourth-order valence-corrected chi connectivity index (χ4v) is 2.40. The smallest absolute Gasteiger partial charge is 0.193 e. The average Bonchev–Trinajstić information content (AvgIpc) is 2.47. The Morgan fingerprint density at radius 2 is 1.33 bits per heavy atom. The molecule has 0 spiro atoms. The molecule has 0 unspecified atom stereocenters. The van der Waals surface area contributed by atoms with Crippen LogP contribution in [0.25, 0.3) is 0 Å². The highest BCUT2D eigenvalue weighted by molar-refractivity contribution is 6.09. The minimum absolute atomic E-state index is 0.0958. The summed E-state index contributed by atoms with van der Waals surface area (Å²) in [4.78, 5) is 12.5. The molecule has 2 rings (SSSR count). The molecule has 0 bridgehead atoms. The first-order valence-corrected chi connectivity index (χ1v) is 7.66. The van der Waals surface area contributed by atoms with Crippen molar-refractivity contribution in [2.45, 2.75) is 46.0 Å². The van der Waals surface area contributed by atoms with E-state index in [9.17, 15) is 4.79 Å². The first-order valence-electron chi connectivity index (χ1n) is 7.66. The summed E-state index contributed by atoms with van der Waals surface area (Å²) in [6.45, 7) is 8.69. The first kappa shape index (κ1) is 15.5. The van der Waals surface area contributed by atoms with Gasteiger partial charge in [0.25, 0.3) is 0 Å². The van der Waals surface area contributed by atoms with E-state index in [0.717, 1.165) is 24.0 Å².